The maximum atomic E-state index is 10.5. The number of amides is 2. The van der Waals surface area contributed by atoms with Gasteiger partial charge in [-0.1, -0.05) is 43.7 Å². The third-order valence-corrected chi connectivity index (χ3v) is 2.84. The van der Waals surface area contributed by atoms with Crippen LogP contribution in [0.3, 0.4) is 0 Å². The van der Waals surface area contributed by atoms with Gasteiger partial charge in [-0.2, -0.15) is 0 Å². The van der Waals surface area contributed by atoms with Crippen LogP contribution in [0.4, 0.5) is 0 Å². The van der Waals surface area contributed by atoms with E-state index in [1.165, 1.54) is 23.3 Å². The molecule has 0 saturated carbocycles. The zero-order chi connectivity index (χ0) is 12.4. The van der Waals surface area contributed by atoms with Crippen molar-refractivity contribution in [2.45, 2.75) is 26.7 Å². The van der Waals surface area contributed by atoms with Crippen LogP contribution < -0.4 is 0 Å². The Morgan fingerprint density at radius 2 is 1.71 bits per heavy atom. The highest BCUT2D eigenvalue weighted by Crippen LogP contribution is 2.39. The van der Waals surface area contributed by atoms with E-state index in [4.69, 9.17) is 0 Å². The minimum Gasteiger partial charge on any atom is -0.268 e. The minimum atomic E-state index is -0.120. The number of fused-ring (bicyclic) bond motifs is 1. The van der Waals surface area contributed by atoms with Gasteiger partial charge in [-0.15, -0.1) is 0 Å². The van der Waals surface area contributed by atoms with Crippen LogP contribution in [0.15, 0.2) is 41.6 Å². The number of aryl methyl sites for hydroxylation is 1. The van der Waals surface area contributed by atoms with Crippen LogP contribution in [0.25, 0.3) is 0 Å². The van der Waals surface area contributed by atoms with Crippen LogP contribution in [0, 0.1) is 0 Å². The summed E-state index contributed by atoms with van der Waals surface area (Å²) in [4.78, 5) is 22.0. The predicted octanol–water partition coefficient (Wildman–Crippen LogP) is 2.28. The molecular formula is C14H15NO2. The molecular weight excluding hydrogens is 214 g/mol. The van der Waals surface area contributed by atoms with Crippen LogP contribution in [0.2, 0.25) is 0 Å². The first-order valence-corrected chi connectivity index (χ1v) is 5.80. The first-order valence-electron chi connectivity index (χ1n) is 5.80. The van der Waals surface area contributed by atoms with Gasteiger partial charge in [0.2, 0.25) is 0 Å². The molecule has 1 aromatic carbocycles. The molecule has 0 atom stereocenters. The van der Waals surface area contributed by atoms with Gasteiger partial charge in [0.05, 0.1) is 0 Å². The molecule has 3 nitrogen and oxygen atoms in total. The number of benzene rings is 1. The van der Waals surface area contributed by atoms with E-state index in [0.717, 1.165) is 0 Å². The Hall–Kier alpha value is -1.90. The topological polar surface area (TPSA) is 37.1 Å². The van der Waals surface area contributed by atoms with Crippen molar-refractivity contribution >= 4 is 11.8 Å². The van der Waals surface area contributed by atoms with E-state index in [-0.39, 0.29) is 11.8 Å². The molecule has 2 heterocycles. The Morgan fingerprint density at radius 3 is 2.06 bits per heavy atom. The first-order chi connectivity index (χ1) is 8.16. The fourth-order valence-electron chi connectivity index (χ4n) is 1.82. The van der Waals surface area contributed by atoms with Crippen LogP contribution in [-0.4, -0.2) is 16.7 Å². The quantitative estimate of drug-likeness (QED) is 0.576. The van der Waals surface area contributed by atoms with Gasteiger partial charge in [0, 0.05) is 5.57 Å². The molecule has 3 rings (SSSR count). The van der Waals surface area contributed by atoms with E-state index in [2.05, 4.69) is 37.3 Å². The number of hydrogen-bond donors (Lipinski definition) is 0. The van der Waals surface area contributed by atoms with E-state index < -0.39 is 0 Å². The summed E-state index contributed by atoms with van der Waals surface area (Å²) in [6.45, 7) is 3.87. The molecule has 2 amide bonds. The number of nitrogens with zero attached hydrogens (tertiary/aromatic N) is 1. The van der Waals surface area contributed by atoms with Gasteiger partial charge >= 0.3 is 0 Å². The zero-order valence-corrected chi connectivity index (χ0v) is 10.1. The molecule has 1 fully saturated rings. The molecule has 2 aliphatic rings. The summed E-state index contributed by atoms with van der Waals surface area (Å²) in [6, 6.07) is 10.6. The molecule has 0 aromatic heterocycles. The van der Waals surface area contributed by atoms with Crippen molar-refractivity contribution in [2.24, 2.45) is 0 Å². The highest BCUT2D eigenvalue weighted by Gasteiger charge is 2.56. The summed E-state index contributed by atoms with van der Waals surface area (Å²) in [6.07, 6.45) is 2.45. The molecule has 0 bridgehead atoms. The van der Waals surface area contributed by atoms with Crippen molar-refractivity contribution in [3.8, 4) is 0 Å². The van der Waals surface area contributed by atoms with E-state index in [9.17, 15) is 9.59 Å². The average Bonchev–Trinajstić information content (AvgIpc) is 2.99. The first kappa shape index (κ1) is 11.6. The Balaban J connectivity index is 0.000000127. The molecule has 0 spiro atoms. The van der Waals surface area contributed by atoms with Gasteiger partial charge < -0.3 is 0 Å². The number of carbonyl (C=O) groups is 2. The van der Waals surface area contributed by atoms with Gasteiger partial charge in [-0.05, 0) is 18.9 Å². The van der Waals surface area contributed by atoms with E-state index >= 15 is 0 Å². The van der Waals surface area contributed by atoms with E-state index in [1.807, 2.05) is 0 Å². The zero-order valence-electron chi connectivity index (χ0n) is 10.1. The second-order valence-corrected chi connectivity index (χ2v) is 4.15. The number of imide groups is 1. The summed E-state index contributed by atoms with van der Waals surface area (Å²) in [5.41, 5.74) is 2.69. The number of carbonyl (C=O) groups excluding carboxylic acids is 2. The molecule has 0 unspecified atom stereocenters. The second kappa shape index (κ2) is 4.53. The average molecular weight is 229 g/mol. The van der Waals surface area contributed by atoms with Crippen molar-refractivity contribution in [1.82, 2.24) is 4.90 Å². The van der Waals surface area contributed by atoms with Crippen molar-refractivity contribution in [3.05, 3.63) is 47.2 Å². The van der Waals surface area contributed by atoms with Gasteiger partial charge in [-0.3, -0.25) is 9.59 Å². The second-order valence-electron chi connectivity index (χ2n) is 4.15. The largest absolute Gasteiger partial charge is 0.283 e. The standard InChI is InChI=1S/C9H12.C5H3NO2/c1-2-6-9-7-4-3-5-8-9;1-2-3-5(8)6(3)4(2)7/h3-5,7-8H,2,6H2,1H3;1H3. The molecule has 0 radical (unpaired) electrons. The maximum Gasteiger partial charge on any atom is 0.283 e. The number of rotatable bonds is 2. The van der Waals surface area contributed by atoms with Gasteiger partial charge in [0.15, 0.2) is 0 Å². The van der Waals surface area contributed by atoms with Crippen molar-refractivity contribution in [1.29, 1.82) is 0 Å². The number of hydrogen-bond acceptors (Lipinski definition) is 2. The molecule has 1 saturated heterocycles. The molecule has 0 aliphatic carbocycles. The van der Waals surface area contributed by atoms with Crippen LogP contribution >= 0.6 is 0 Å². The van der Waals surface area contributed by atoms with Gasteiger partial charge in [0.25, 0.3) is 11.8 Å². The fourth-order valence-corrected chi connectivity index (χ4v) is 1.82. The summed E-state index contributed by atoms with van der Waals surface area (Å²) in [5.74, 6) is -0.225. The summed E-state index contributed by atoms with van der Waals surface area (Å²) < 4.78 is 0. The monoisotopic (exact) mass is 229 g/mol. The molecule has 1 aromatic rings. The summed E-state index contributed by atoms with van der Waals surface area (Å²) >= 11 is 0. The van der Waals surface area contributed by atoms with Crippen LogP contribution in [-0.2, 0) is 16.0 Å². The molecule has 0 N–H and O–H groups in total. The Labute approximate surface area is 101 Å². The molecule has 17 heavy (non-hydrogen) atoms. The van der Waals surface area contributed by atoms with Crippen molar-refractivity contribution < 1.29 is 9.59 Å². The van der Waals surface area contributed by atoms with E-state index in [0.29, 0.717) is 11.3 Å². The highest BCUT2D eigenvalue weighted by molar-refractivity contribution is 6.34. The van der Waals surface area contributed by atoms with Crippen molar-refractivity contribution in [2.75, 3.05) is 0 Å². The third kappa shape index (κ3) is 2.13. The van der Waals surface area contributed by atoms with Gasteiger partial charge in [-0.25, -0.2) is 4.90 Å². The Kier molecular flexibility index (Phi) is 3.09. The molecule has 2 aliphatic heterocycles. The van der Waals surface area contributed by atoms with Gasteiger partial charge in [0.1, 0.15) is 5.70 Å². The lowest BCUT2D eigenvalue weighted by atomic mass is 10.1. The normalized spacial score (nSPS) is 16.0. The fraction of sp³-hybridized carbons (Fsp3) is 0.286. The van der Waals surface area contributed by atoms with Crippen molar-refractivity contribution in [3.63, 3.8) is 0 Å². The maximum absolute atomic E-state index is 10.5. The predicted molar refractivity (Wildman–Crippen MR) is 65.0 cm³/mol. The lowest BCUT2D eigenvalue weighted by Gasteiger charge is -2.03. The van der Waals surface area contributed by atoms with E-state index in [1.54, 1.807) is 6.92 Å². The summed E-state index contributed by atoms with van der Waals surface area (Å²) in [7, 11) is 0. The van der Waals surface area contributed by atoms with Crippen LogP contribution in [0.5, 0.6) is 0 Å². The summed E-state index contributed by atoms with van der Waals surface area (Å²) in [5, 5.41) is 0. The highest BCUT2D eigenvalue weighted by atomic mass is 16.2. The smallest absolute Gasteiger partial charge is 0.268 e. The third-order valence-electron chi connectivity index (χ3n) is 2.84. The van der Waals surface area contributed by atoms with Crippen LogP contribution in [0.1, 0.15) is 25.8 Å². The molecule has 88 valence electrons. The SMILES string of the molecule is CC1=C2C(=O)N2C1=O.CCCc1ccccc1. The lowest BCUT2D eigenvalue weighted by Crippen LogP contribution is -2.18. The molecule has 3 heteroatoms. The Bertz CT molecular complexity index is 488. The Morgan fingerprint density at radius 1 is 1.06 bits per heavy atom. The lowest BCUT2D eigenvalue weighted by molar-refractivity contribution is -0.127. The minimum absolute atomic E-state index is 0.104.